The number of azide groups is 1. The molecule has 1 amide bonds. The SMILES string of the molecule is CC(=O)[C@@](O)(C(=O)N=[N+]=[N-])[C@@H](O)[C@H](O)[C@H](O)CO. The third-order valence-electron chi connectivity index (χ3n) is 2.33. The minimum atomic E-state index is -3.19. The summed E-state index contributed by atoms with van der Waals surface area (Å²) in [4.78, 5) is 24.5. The van der Waals surface area contributed by atoms with Gasteiger partial charge in [0.1, 0.15) is 18.3 Å². The molecule has 18 heavy (non-hydrogen) atoms. The highest BCUT2D eigenvalue weighted by Gasteiger charge is 2.51. The van der Waals surface area contributed by atoms with Crippen molar-refractivity contribution in [2.75, 3.05) is 6.61 Å². The van der Waals surface area contributed by atoms with Crippen molar-refractivity contribution in [3.8, 4) is 0 Å². The van der Waals surface area contributed by atoms with Gasteiger partial charge in [0, 0.05) is 4.91 Å². The maximum atomic E-state index is 11.3. The largest absolute Gasteiger partial charge is 0.394 e. The first-order valence-electron chi connectivity index (χ1n) is 4.71. The van der Waals surface area contributed by atoms with Crippen molar-refractivity contribution in [2.24, 2.45) is 5.11 Å². The Balaban J connectivity index is 5.42. The second kappa shape index (κ2) is 6.40. The molecule has 0 fully saturated rings. The molecule has 0 bridgehead atoms. The summed E-state index contributed by atoms with van der Waals surface area (Å²) in [5.41, 5.74) is 4.85. The van der Waals surface area contributed by atoms with Crippen LogP contribution in [0.25, 0.3) is 10.4 Å². The van der Waals surface area contributed by atoms with Crippen LogP contribution in [0.4, 0.5) is 0 Å². The van der Waals surface area contributed by atoms with Gasteiger partial charge in [0.25, 0.3) is 5.91 Å². The highest BCUT2D eigenvalue weighted by Crippen LogP contribution is 2.19. The molecule has 0 aromatic rings. The first-order chi connectivity index (χ1) is 8.23. The van der Waals surface area contributed by atoms with Gasteiger partial charge in [0.15, 0.2) is 5.78 Å². The van der Waals surface area contributed by atoms with Crippen molar-refractivity contribution in [1.29, 1.82) is 0 Å². The van der Waals surface area contributed by atoms with Gasteiger partial charge in [-0.15, -0.1) is 0 Å². The van der Waals surface area contributed by atoms with Gasteiger partial charge in [-0.25, -0.2) is 0 Å². The molecule has 0 spiro atoms. The van der Waals surface area contributed by atoms with E-state index in [9.17, 15) is 24.9 Å². The molecule has 102 valence electrons. The number of hydrogen-bond donors (Lipinski definition) is 5. The molecule has 4 atom stereocenters. The van der Waals surface area contributed by atoms with Gasteiger partial charge >= 0.3 is 0 Å². The van der Waals surface area contributed by atoms with Crippen LogP contribution in [0.15, 0.2) is 5.11 Å². The van der Waals surface area contributed by atoms with Gasteiger partial charge in [-0.05, 0) is 17.6 Å². The molecule has 0 heterocycles. The summed E-state index contributed by atoms with van der Waals surface area (Å²) in [7, 11) is 0. The highest BCUT2D eigenvalue weighted by atomic mass is 16.4. The van der Waals surface area contributed by atoms with Crippen LogP contribution < -0.4 is 0 Å². The van der Waals surface area contributed by atoms with Crippen LogP contribution in [0, 0.1) is 0 Å². The molecule has 10 heteroatoms. The number of hydrogen-bond acceptors (Lipinski definition) is 7. The van der Waals surface area contributed by atoms with Crippen LogP contribution in [-0.4, -0.2) is 67.7 Å². The molecule has 0 unspecified atom stereocenters. The summed E-state index contributed by atoms with van der Waals surface area (Å²) in [5.74, 6) is -3.02. The number of rotatable bonds is 6. The first-order valence-corrected chi connectivity index (χ1v) is 4.71. The average molecular weight is 263 g/mol. The lowest BCUT2D eigenvalue weighted by Gasteiger charge is -2.32. The Hall–Kier alpha value is -1.55. The Morgan fingerprint density at radius 3 is 2.22 bits per heavy atom. The molecule has 0 saturated heterocycles. The monoisotopic (exact) mass is 263 g/mol. The second-order valence-corrected chi connectivity index (χ2v) is 3.50. The van der Waals surface area contributed by atoms with E-state index in [2.05, 4.69) is 5.11 Å². The third kappa shape index (κ3) is 3.01. The van der Waals surface area contributed by atoms with Crippen molar-refractivity contribution in [2.45, 2.75) is 30.8 Å². The lowest BCUT2D eigenvalue weighted by molar-refractivity contribution is -0.179. The molecule has 5 N–H and O–H groups in total. The van der Waals surface area contributed by atoms with Crippen molar-refractivity contribution < 1.29 is 35.1 Å². The van der Waals surface area contributed by atoms with Gasteiger partial charge in [0.05, 0.1) is 6.61 Å². The van der Waals surface area contributed by atoms with Crippen LogP contribution in [0.1, 0.15) is 6.92 Å². The van der Waals surface area contributed by atoms with E-state index < -0.39 is 42.2 Å². The van der Waals surface area contributed by atoms with Gasteiger partial charge in [-0.3, -0.25) is 9.59 Å². The lowest BCUT2D eigenvalue weighted by atomic mass is 9.86. The van der Waals surface area contributed by atoms with Crippen molar-refractivity contribution in [3.63, 3.8) is 0 Å². The predicted octanol–water partition coefficient (Wildman–Crippen LogP) is -2.78. The number of amides is 1. The molecular weight excluding hydrogens is 250 g/mol. The quantitative estimate of drug-likeness (QED) is 0.148. The van der Waals surface area contributed by atoms with E-state index in [0.717, 1.165) is 0 Å². The summed E-state index contributed by atoms with van der Waals surface area (Å²) in [6.07, 6.45) is -6.55. The van der Waals surface area contributed by atoms with Crippen molar-refractivity contribution in [3.05, 3.63) is 10.4 Å². The fraction of sp³-hybridized carbons (Fsp3) is 0.750. The minimum absolute atomic E-state index is 0.714. The topological polar surface area (TPSA) is 184 Å². The Labute approximate surface area is 101 Å². The number of carbonyl (C=O) groups is 2. The molecule has 0 saturated carbocycles. The van der Waals surface area contributed by atoms with E-state index in [-0.39, 0.29) is 0 Å². The van der Waals surface area contributed by atoms with Gasteiger partial charge < -0.3 is 25.5 Å². The highest BCUT2D eigenvalue weighted by molar-refractivity contribution is 6.09. The van der Waals surface area contributed by atoms with Gasteiger partial charge in [0.2, 0.25) is 5.60 Å². The minimum Gasteiger partial charge on any atom is -0.394 e. The van der Waals surface area contributed by atoms with E-state index >= 15 is 0 Å². The zero-order valence-electron chi connectivity index (χ0n) is 9.33. The van der Waals surface area contributed by atoms with E-state index in [4.69, 9.17) is 15.7 Å². The van der Waals surface area contributed by atoms with Crippen molar-refractivity contribution >= 4 is 11.7 Å². The maximum Gasteiger partial charge on any atom is 0.260 e. The summed E-state index contributed by atoms with van der Waals surface area (Å²) < 4.78 is 0. The van der Waals surface area contributed by atoms with E-state index in [0.29, 0.717) is 6.92 Å². The zero-order valence-corrected chi connectivity index (χ0v) is 9.33. The number of aliphatic hydroxyl groups excluding tert-OH is 4. The standard InChI is InChI=1S/C8H13N3O7/c1-3(13)8(18,7(17)10-11-9)6(16)5(15)4(14)2-12/h4-6,12,14-16,18H,2H2,1H3/t4-,5-,6+,8+/m1/s1. The Morgan fingerprint density at radius 2 is 1.89 bits per heavy atom. The maximum absolute atomic E-state index is 11.3. The number of Topliss-reactive ketones (excluding diaryl/α,β-unsaturated/α-hetero) is 1. The number of nitrogens with zero attached hydrogens (tertiary/aromatic N) is 3. The molecule has 0 rings (SSSR count). The molecule has 0 aliphatic rings. The van der Waals surface area contributed by atoms with E-state index in [1.165, 1.54) is 0 Å². The van der Waals surface area contributed by atoms with E-state index in [1.54, 1.807) is 0 Å². The van der Waals surface area contributed by atoms with Crippen LogP contribution in [0.2, 0.25) is 0 Å². The molecule has 0 aromatic carbocycles. The molecule has 10 nitrogen and oxygen atoms in total. The van der Waals surface area contributed by atoms with Crippen LogP contribution >= 0.6 is 0 Å². The molecule has 0 radical (unpaired) electrons. The normalized spacial score (nSPS) is 19.0. The zero-order chi connectivity index (χ0) is 14.5. The summed E-state index contributed by atoms with van der Waals surface area (Å²) in [5, 5.41) is 48.6. The van der Waals surface area contributed by atoms with Crippen LogP contribution in [0.3, 0.4) is 0 Å². The summed E-state index contributed by atoms with van der Waals surface area (Å²) in [6.45, 7) is -0.270. The Bertz CT molecular complexity index is 381. The Morgan fingerprint density at radius 1 is 1.39 bits per heavy atom. The third-order valence-corrected chi connectivity index (χ3v) is 2.33. The summed E-state index contributed by atoms with van der Waals surface area (Å²) in [6, 6.07) is 0. The Kier molecular flexibility index (Phi) is 5.85. The second-order valence-electron chi connectivity index (χ2n) is 3.50. The number of ketones is 1. The molecular formula is C8H13N3O7. The first kappa shape index (κ1) is 16.4. The fourth-order valence-corrected chi connectivity index (χ4v) is 1.17. The molecule has 0 aliphatic heterocycles. The number of carbonyl (C=O) groups excluding carboxylic acids is 2. The van der Waals surface area contributed by atoms with Gasteiger partial charge in [-0.1, -0.05) is 0 Å². The number of aliphatic hydroxyl groups is 5. The smallest absolute Gasteiger partial charge is 0.260 e. The molecule has 0 aromatic heterocycles. The average Bonchev–Trinajstić information content (AvgIpc) is 2.34. The fourth-order valence-electron chi connectivity index (χ4n) is 1.17. The van der Waals surface area contributed by atoms with E-state index in [1.807, 2.05) is 4.91 Å². The summed E-state index contributed by atoms with van der Waals surface area (Å²) >= 11 is 0. The van der Waals surface area contributed by atoms with Crippen molar-refractivity contribution in [1.82, 2.24) is 0 Å². The van der Waals surface area contributed by atoms with Gasteiger partial charge in [-0.2, -0.15) is 0 Å². The predicted molar refractivity (Wildman–Crippen MR) is 54.9 cm³/mol. The molecule has 0 aliphatic carbocycles. The van der Waals surface area contributed by atoms with Crippen LogP contribution in [0.5, 0.6) is 0 Å². The lowest BCUT2D eigenvalue weighted by Crippen LogP contribution is -2.61. The van der Waals surface area contributed by atoms with Crippen LogP contribution in [-0.2, 0) is 9.59 Å².